The maximum Gasteiger partial charge on any atom is 0.490 e. The van der Waals surface area contributed by atoms with Gasteiger partial charge in [-0.15, -0.1) is 0 Å². The van der Waals surface area contributed by atoms with E-state index in [1.807, 2.05) is 4.90 Å². The second kappa shape index (κ2) is 9.37. The lowest BCUT2D eigenvalue weighted by Gasteiger charge is -2.54. The molecule has 3 fully saturated rings. The van der Waals surface area contributed by atoms with Crippen molar-refractivity contribution < 1.29 is 32.6 Å². The van der Waals surface area contributed by atoms with E-state index in [0.717, 1.165) is 57.4 Å². The number of carboxylic acids is 1. The van der Waals surface area contributed by atoms with Crippen LogP contribution >= 0.6 is 0 Å². The molecule has 0 radical (unpaired) electrons. The molecule has 0 aromatic carbocycles. The summed E-state index contributed by atoms with van der Waals surface area (Å²) < 4.78 is 39.0. The first kappa shape index (κ1) is 24.2. The Bertz CT molecular complexity index is 1120. The Kier molecular flexibility index (Phi) is 6.67. The fourth-order valence-corrected chi connectivity index (χ4v) is 4.85. The van der Waals surface area contributed by atoms with Gasteiger partial charge >= 0.3 is 12.1 Å². The Hall–Kier alpha value is -2.93. The largest absolute Gasteiger partial charge is 0.490 e. The SMILES string of the molecule is O=C(O)C(F)(F)F.O=C(c1cnn2c(C3CCNCC3)cc(=O)[nH]c12)N1CCC12CCOCC2. The number of aromatic nitrogens is 3. The smallest absolute Gasteiger partial charge is 0.475 e. The zero-order valence-corrected chi connectivity index (χ0v) is 18.4. The molecule has 5 rings (SSSR count). The molecule has 3 saturated heterocycles. The molecule has 13 heteroatoms. The van der Waals surface area contributed by atoms with Gasteiger partial charge in [0.25, 0.3) is 11.5 Å². The molecular weight excluding hydrogens is 459 g/mol. The minimum Gasteiger partial charge on any atom is -0.475 e. The van der Waals surface area contributed by atoms with Gasteiger partial charge in [0.15, 0.2) is 0 Å². The molecule has 0 aliphatic carbocycles. The molecule has 0 bridgehead atoms. The topological polar surface area (TPSA) is 129 Å². The summed E-state index contributed by atoms with van der Waals surface area (Å²) in [6.07, 6.45) is 1.26. The number of aliphatic carboxylic acids is 1. The number of likely N-dealkylation sites (tertiary alicyclic amines) is 1. The molecule has 0 saturated carbocycles. The minimum atomic E-state index is -5.08. The van der Waals surface area contributed by atoms with Crippen LogP contribution in [-0.2, 0) is 9.53 Å². The maximum atomic E-state index is 13.3. The molecule has 2 aromatic heterocycles. The van der Waals surface area contributed by atoms with Crippen molar-refractivity contribution in [3.05, 3.63) is 33.9 Å². The zero-order chi connectivity index (χ0) is 24.5. The van der Waals surface area contributed by atoms with E-state index in [1.54, 1.807) is 16.8 Å². The molecule has 186 valence electrons. The van der Waals surface area contributed by atoms with Crippen LogP contribution in [0.2, 0.25) is 0 Å². The van der Waals surface area contributed by atoms with Crippen molar-refractivity contribution in [1.29, 1.82) is 0 Å². The Morgan fingerprint density at radius 3 is 2.38 bits per heavy atom. The molecule has 1 amide bonds. The number of amides is 1. The summed E-state index contributed by atoms with van der Waals surface area (Å²) in [5.74, 6) is -2.51. The van der Waals surface area contributed by atoms with E-state index in [2.05, 4.69) is 15.4 Å². The summed E-state index contributed by atoms with van der Waals surface area (Å²) in [5.41, 5.74) is 1.67. The van der Waals surface area contributed by atoms with Crippen molar-refractivity contribution in [2.75, 3.05) is 32.8 Å². The number of carboxylic acid groups (broad SMARTS) is 1. The van der Waals surface area contributed by atoms with E-state index in [-0.39, 0.29) is 22.9 Å². The van der Waals surface area contributed by atoms with Crippen LogP contribution < -0.4 is 10.9 Å². The summed E-state index contributed by atoms with van der Waals surface area (Å²) >= 11 is 0. The highest BCUT2D eigenvalue weighted by atomic mass is 19.4. The van der Waals surface area contributed by atoms with Gasteiger partial charge in [0.1, 0.15) is 11.2 Å². The van der Waals surface area contributed by atoms with E-state index in [0.29, 0.717) is 24.4 Å². The van der Waals surface area contributed by atoms with Gasteiger partial charge in [-0.3, -0.25) is 9.59 Å². The van der Waals surface area contributed by atoms with Gasteiger partial charge in [0, 0.05) is 37.3 Å². The summed E-state index contributed by atoms with van der Waals surface area (Å²) in [6.45, 7) is 4.04. The third-order valence-electron chi connectivity index (χ3n) is 6.81. The third kappa shape index (κ3) is 4.67. The molecule has 0 atom stereocenters. The Morgan fingerprint density at radius 1 is 1.18 bits per heavy atom. The second-order valence-corrected chi connectivity index (χ2v) is 8.75. The van der Waals surface area contributed by atoms with Crippen LogP contribution in [-0.4, -0.2) is 81.0 Å². The number of H-pyrrole nitrogens is 1. The van der Waals surface area contributed by atoms with E-state index in [4.69, 9.17) is 14.6 Å². The van der Waals surface area contributed by atoms with Crippen LogP contribution in [0.15, 0.2) is 17.1 Å². The van der Waals surface area contributed by atoms with E-state index >= 15 is 0 Å². The summed E-state index contributed by atoms with van der Waals surface area (Å²) in [5, 5.41) is 15.0. The Morgan fingerprint density at radius 2 is 1.82 bits per heavy atom. The van der Waals surface area contributed by atoms with Crippen LogP contribution in [0.5, 0.6) is 0 Å². The van der Waals surface area contributed by atoms with Crippen molar-refractivity contribution in [2.24, 2.45) is 0 Å². The lowest BCUT2D eigenvalue weighted by atomic mass is 9.77. The van der Waals surface area contributed by atoms with Gasteiger partial charge in [-0.05, 0) is 45.2 Å². The number of hydrogen-bond donors (Lipinski definition) is 3. The van der Waals surface area contributed by atoms with Crippen molar-refractivity contribution >= 4 is 17.5 Å². The zero-order valence-electron chi connectivity index (χ0n) is 18.4. The normalized spacial score (nSPS) is 20.5. The molecule has 3 aliphatic heterocycles. The lowest BCUT2D eigenvalue weighted by molar-refractivity contribution is -0.192. The number of carbonyl (C=O) groups excluding carboxylic acids is 1. The first-order valence-corrected chi connectivity index (χ1v) is 11.1. The van der Waals surface area contributed by atoms with E-state index < -0.39 is 12.1 Å². The number of piperidine rings is 1. The van der Waals surface area contributed by atoms with E-state index in [1.165, 1.54) is 0 Å². The minimum absolute atomic E-state index is 0.0312. The number of rotatable bonds is 2. The van der Waals surface area contributed by atoms with Crippen LogP contribution in [0, 0.1) is 0 Å². The fourth-order valence-electron chi connectivity index (χ4n) is 4.85. The van der Waals surface area contributed by atoms with Crippen molar-refractivity contribution in [2.45, 2.75) is 49.7 Å². The number of carbonyl (C=O) groups is 2. The summed E-state index contributed by atoms with van der Waals surface area (Å²) in [4.78, 5) is 39.3. The van der Waals surface area contributed by atoms with Crippen LogP contribution in [0.1, 0.15) is 54.1 Å². The summed E-state index contributed by atoms with van der Waals surface area (Å²) in [7, 11) is 0. The number of halogens is 3. The molecule has 3 N–H and O–H groups in total. The highest BCUT2D eigenvalue weighted by Gasteiger charge is 2.48. The predicted molar refractivity (Wildman–Crippen MR) is 113 cm³/mol. The average molecular weight is 485 g/mol. The summed E-state index contributed by atoms with van der Waals surface area (Å²) in [6, 6.07) is 1.63. The molecule has 1 spiro atoms. The van der Waals surface area contributed by atoms with Crippen LogP contribution in [0.25, 0.3) is 5.65 Å². The number of nitrogens with zero attached hydrogens (tertiary/aromatic N) is 3. The number of nitrogens with one attached hydrogen (secondary N) is 2. The fraction of sp³-hybridized carbons (Fsp3) is 0.619. The first-order chi connectivity index (χ1) is 16.1. The molecule has 0 unspecified atom stereocenters. The standard InChI is InChI=1S/C19H25N5O3.C2HF3O2/c25-16-11-15(13-1-6-20-7-2-13)24-17(22-16)14(12-21-24)18(26)23-8-3-19(23)4-9-27-10-5-19;3-2(4,5)1(6)7/h11-13,20H,1-10H2,(H,22,25);(H,6,7). The van der Waals surface area contributed by atoms with Gasteiger partial charge in [-0.25, -0.2) is 9.31 Å². The number of ether oxygens (including phenoxy) is 1. The molecule has 3 aliphatic rings. The van der Waals surface area contributed by atoms with E-state index in [9.17, 15) is 22.8 Å². The van der Waals surface area contributed by atoms with Gasteiger partial charge < -0.3 is 25.0 Å². The number of hydrogen-bond acceptors (Lipinski definition) is 6. The van der Waals surface area contributed by atoms with Gasteiger partial charge in [-0.1, -0.05) is 0 Å². The third-order valence-corrected chi connectivity index (χ3v) is 6.81. The lowest BCUT2D eigenvalue weighted by Crippen LogP contribution is -2.64. The Labute approximate surface area is 192 Å². The number of alkyl halides is 3. The molecule has 2 aromatic rings. The first-order valence-electron chi connectivity index (χ1n) is 11.1. The second-order valence-electron chi connectivity index (χ2n) is 8.75. The van der Waals surface area contributed by atoms with Crippen molar-refractivity contribution in [3.8, 4) is 0 Å². The predicted octanol–water partition coefficient (Wildman–Crippen LogP) is 1.52. The monoisotopic (exact) mass is 485 g/mol. The number of aromatic amines is 1. The Balaban J connectivity index is 0.000000344. The van der Waals surface area contributed by atoms with Crippen molar-refractivity contribution in [3.63, 3.8) is 0 Å². The molecular formula is C21H26F3N5O5. The number of fused-ring (bicyclic) bond motifs is 1. The molecule has 10 nitrogen and oxygen atoms in total. The highest BCUT2D eigenvalue weighted by molar-refractivity contribution is 6.00. The van der Waals surface area contributed by atoms with Crippen LogP contribution in [0.4, 0.5) is 13.2 Å². The highest BCUT2D eigenvalue weighted by Crippen LogP contribution is 2.40. The van der Waals surface area contributed by atoms with Gasteiger partial charge in [-0.2, -0.15) is 18.3 Å². The average Bonchev–Trinajstić information content (AvgIpc) is 3.22. The maximum absolute atomic E-state index is 13.3. The quantitative estimate of drug-likeness (QED) is 0.588. The molecule has 34 heavy (non-hydrogen) atoms. The molecule has 5 heterocycles. The van der Waals surface area contributed by atoms with Crippen LogP contribution in [0.3, 0.4) is 0 Å². The van der Waals surface area contributed by atoms with Gasteiger partial charge in [0.2, 0.25) is 0 Å². The van der Waals surface area contributed by atoms with Crippen molar-refractivity contribution in [1.82, 2.24) is 24.8 Å². The van der Waals surface area contributed by atoms with Gasteiger partial charge in [0.05, 0.1) is 11.9 Å².